The van der Waals surface area contributed by atoms with Crippen LogP contribution < -0.4 is 0 Å². The number of hydrogen-bond acceptors (Lipinski definition) is 5. The summed E-state index contributed by atoms with van der Waals surface area (Å²) in [6.45, 7) is 4.01. The molecule has 0 N–H and O–H groups in total. The largest absolute Gasteiger partial charge is 0.468 e. The first-order valence-corrected chi connectivity index (χ1v) is 6.95. The summed E-state index contributed by atoms with van der Waals surface area (Å²) >= 11 is 0. The lowest BCUT2D eigenvalue weighted by atomic mass is 9.58. The van der Waals surface area contributed by atoms with E-state index in [-0.39, 0.29) is 11.8 Å². The number of carbonyl (C=O) groups is 2. The lowest BCUT2D eigenvalue weighted by Crippen LogP contribution is -2.60. The van der Waals surface area contributed by atoms with Gasteiger partial charge in [-0.2, -0.15) is 0 Å². The summed E-state index contributed by atoms with van der Waals surface area (Å²) in [5.74, 6) is -2.51. The molecule has 0 saturated carbocycles. The molecular formula is C16H22O5. The van der Waals surface area contributed by atoms with E-state index in [0.717, 1.165) is 11.1 Å². The third-order valence-electron chi connectivity index (χ3n) is 4.92. The standard InChI is InChI=1S/C16H22O5/c1-10-8-12-15(9-11(10)2,14(18)19-3)7-6-13(17)16(12,20-4)21-5/h6-7,12H,8-9H2,1-5H3/t12-,15-/m1/s1. The van der Waals surface area contributed by atoms with Crippen molar-refractivity contribution in [3.8, 4) is 0 Å². The molecule has 0 bridgehead atoms. The van der Waals surface area contributed by atoms with Crippen LogP contribution in [-0.4, -0.2) is 38.9 Å². The van der Waals surface area contributed by atoms with Crippen LogP contribution in [0.4, 0.5) is 0 Å². The molecule has 0 unspecified atom stereocenters. The number of fused-ring (bicyclic) bond motifs is 1. The average Bonchev–Trinajstić information content (AvgIpc) is 2.49. The van der Waals surface area contributed by atoms with Gasteiger partial charge in [0, 0.05) is 20.1 Å². The Morgan fingerprint density at radius 3 is 2.33 bits per heavy atom. The summed E-state index contributed by atoms with van der Waals surface area (Å²) in [6.07, 6.45) is 4.11. The third kappa shape index (κ3) is 2.07. The van der Waals surface area contributed by atoms with Crippen molar-refractivity contribution in [1.29, 1.82) is 0 Å². The number of esters is 1. The van der Waals surface area contributed by atoms with Gasteiger partial charge in [-0.1, -0.05) is 17.2 Å². The molecular weight excluding hydrogens is 272 g/mol. The summed E-state index contributed by atoms with van der Waals surface area (Å²) in [5.41, 5.74) is 1.37. The Hall–Kier alpha value is -1.46. The van der Waals surface area contributed by atoms with E-state index in [0.29, 0.717) is 12.8 Å². The molecule has 2 aliphatic carbocycles. The van der Waals surface area contributed by atoms with Crippen molar-refractivity contribution in [3.63, 3.8) is 0 Å². The molecule has 0 radical (unpaired) electrons. The van der Waals surface area contributed by atoms with Crippen LogP contribution in [-0.2, 0) is 23.8 Å². The van der Waals surface area contributed by atoms with E-state index >= 15 is 0 Å². The van der Waals surface area contributed by atoms with E-state index in [1.165, 1.54) is 27.4 Å². The van der Waals surface area contributed by atoms with Gasteiger partial charge in [0.1, 0.15) is 0 Å². The smallest absolute Gasteiger partial charge is 0.316 e. The Bertz CT molecular complexity index is 527. The zero-order chi connectivity index (χ0) is 15.8. The Labute approximate surface area is 124 Å². The van der Waals surface area contributed by atoms with Crippen molar-refractivity contribution >= 4 is 11.8 Å². The molecule has 116 valence electrons. The second-order valence-electron chi connectivity index (χ2n) is 5.80. The minimum atomic E-state index is -1.44. The molecule has 0 spiro atoms. The van der Waals surface area contributed by atoms with Gasteiger partial charge in [-0.05, 0) is 32.8 Å². The van der Waals surface area contributed by atoms with Gasteiger partial charge in [0.15, 0.2) is 0 Å². The second kappa shape index (κ2) is 5.39. The van der Waals surface area contributed by atoms with Gasteiger partial charge >= 0.3 is 5.97 Å². The molecule has 0 saturated heterocycles. The van der Waals surface area contributed by atoms with Gasteiger partial charge in [0.05, 0.1) is 12.5 Å². The van der Waals surface area contributed by atoms with E-state index in [2.05, 4.69) is 0 Å². The van der Waals surface area contributed by atoms with E-state index in [1.807, 2.05) is 13.8 Å². The van der Waals surface area contributed by atoms with Crippen LogP contribution in [0.3, 0.4) is 0 Å². The third-order valence-corrected chi connectivity index (χ3v) is 4.92. The Balaban J connectivity index is 2.66. The molecule has 2 aliphatic rings. The van der Waals surface area contributed by atoms with E-state index in [4.69, 9.17) is 14.2 Å². The second-order valence-corrected chi connectivity index (χ2v) is 5.80. The first kappa shape index (κ1) is 15.9. The molecule has 0 fully saturated rings. The van der Waals surface area contributed by atoms with Crippen LogP contribution in [0.2, 0.25) is 0 Å². The summed E-state index contributed by atoms with van der Waals surface area (Å²) in [4.78, 5) is 24.9. The van der Waals surface area contributed by atoms with Crippen molar-refractivity contribution in [1.82, 2.24) is 0 Å². The quantitative estimate of drug-likeness (QED) is 0.453. The number of ketones is 1. The van der Waals surface area contributed by atoms with Crippen molar-refractivity contribution in [3.05, 3.63) is 23.3 Å². The van der Waals surface area contributed by atoms with Crippen LogP contribution in [0.15, 0.2) is 23.3 Å². The van der Waals surface area contributed by atoms with Crippen molar-refractivity contribution in [2.45, 2.75) is 32.5 Å². The molecule has 21 heavy (non-hydrogen) atoms. The van der Waals surface area contributed by atoms with Gasteiger partial charge < -0.3 is 14.2 Å². The summed E-state index contributed by atoms with van der Waals surface area (Å²) in [6, 6.07) is 0. The molecule has 5 heteroatoms. The van der Waals surface area contributed by atoms with E-state index in [1.54, 1.807) is 6.08 Å². The van der Waals surface area contributed by atoms with Crippen LogP contribution >= 0.6 is 0 Å². The lowest BCUT2D eigenvalue weighted by Gasteiger charge is -2.50. The predicted molar refractivity (Wildman–Crippen MR) is 76.4 cm³/mol. The Kier molecular flexibility index (Phi) is 4.08. The zero-order valence-corrected chi connectivity index (χ0v) is 13.2. The number of ether oxygens (including phenoxy) is 3. The van der Waals surface area contributed by atoms with Crippen LogP contribution in [0.1, 0.15) is 26.7 Å². The highest BCUT2D eigenvalue weighted by atomic mass is 16.7. The normalized spacial score (nSPS) is 31.1. The summed E-state index contributed by atoms with van der Waals surface area (Å²) in [5, 5.41) is 0. The van der Waals surface area contributed by atoms with Crippen molar-refractivity contribution in [2.24, 2.45) is 11.3 Å². The highest BCUT2D eigenvalue weighted by Crippen LogP contribution is 2.53. The van der Waals surface area contributed by atoms with Crippen molar-refractivity contribution < 1.29 is 23.8 Å². The molecule has 0 heterocycles. The molecule has 0 aromatic heterocycles. The highest BCUT2D eigenvalue weighted by molar-refractivity contribution is 6.00. The maximum Gasteiger partial charge on any atom is 0.316 e. The number of rotatable bonds is 3. The van der Waals surface area contributed by atoms with E-state index in [9.17, 15) is 9.59 Å². The molecule has 0 amide bonds. The number of allylic oxidation sites excluding steroid dienone is 2. The Morgan fingerprint density at radius 1 is 1.19 bits per heavy atom. The maximum absolute atomic E-state index is 12.5. The zero-order valence-electron chi connectivity index (χ0n) is 13.2. The monoisotopic (exact) mass is 294 g/mol. The molecule has 0 aliphatic heterocycles. The average molecular weight is 294 g/mol. The number of hydrogen-bond donors (Lipinski definition) is 0. The fourth-order valence-electron chi connectivity index (χ4n) is 3.58. The fourth-order valence-corrected chi connectivity index (χ4v) is 3.58. The fraction of sp³-hybridized carbons (Fsp3) is 0.625. The van der Waals surface area contributed by atoms with Gasteiger partial charge in [0.25, 0.3) is 0 Å². The number of carbonyl (C=O) groups excluding carboxylic acids is 2. The molecule has 2 atom stereocenters. The van der Waals surface area contributed by atoms with Crippen LogP contribution in [0, 0.1) is 11.3 Å². The highest BCUT2D eigenvalue weighted by Gasteiger charge is 2.62. The van der Waals surface area contributed by atoms with Crippen molar-refractivity contribution in [2.75, 3.05) is 21.3 Å². The van der Waals surface area contributed by atoms with Gasteiger partial charge in [-0.25, -0.2) is 0 Å². The number of methoxy groups -OCH3 is 3. The molecule has 5 nitrogen and oxygen atoms in total. The summed E-state index contributed by atoms with van der Waals surface area (Å²) < 4.78 is 15.9. The first-order chi connectivity index (χ1) is 9.87. The molecule has 2 rings (SSSR count). The maximum atomic E-state index is 12.5. The first-order valence-electron chi connectivity index (χ1n) is 6.95. The van der Waals surface area contributed by atoms with Crippen LogP contribution in [0.25, 0.3) is 0 Å². The molecule has 0 aromatic rings. The molecule has 0 aromatic carbocycles. The predicted octanol–water partition coefficient (Wildman–Crippen LogP) is 2.02. The minimum Gasteiger partial charge on any atom is -0.468 e. The topological polar surface area (TPSA) is 61.8 Å². The van der Waals surface area contributed by atoms with Gasteiger partial charge in [-0.15, -0.1) is 0 Å². The summed E-state index contributed by atoms with van der Waals surface area (Å²) in [7, 11) is 4.23. The van der Waals surface area contributed by atoms with Gasteiger partial charge in [-0.3, -0.25) is 9.59 Å². The van der Waals surface area contributed by atoms with Gasteiger partial charge in [0.2, 0.25) is 11.6 Å². The SMILES string of the molecule is COC(=O)[C@@]12C=CC(=O)C(OC)(OC)[C@@H]1CC(C)=C(C)C2. The lowest BCUT2D eigenvalue weighted by molar-refractivity contribution is -0.246. The van der Waals surface area contributed by atoms with E-state index < -0.39 is 17.1 Å². The minimum absolute atomic E-state index is 0.274. The van der Waals surface area contributed by atoms with Crippen LogP contribution in [0.5, 0.6) is 0 Å². The Morgan fingerprint density at radius 2 is 1.81 bits per heavy atom.